The maximum atomic E-state index is 5.92. The van der Waals surface area contributed by atoms with Gasteiger partial charge in [0.1, 0.15) is 0 Å². The highest BCUT2D eigenvalue weighted by Gasteiger charge is 2.38. The zero-order valence-corrected chi connectivity index (χ0v) is 10.7. The van der Waals surface area contributed by atoms with Crippen molar-refractivity contribution in [3.05, 3.63) is 34.4 Å². The Morgan fingerprint density at radius 3 is 2.75 bits per heavy atom. The van der Waals surface area contributed by atoms with Crippen molar-refractivity contribution in [3.8, 4) is 0 Å². The fourth-order valence-corrected chi connectivity index (χ4v) is 2.95. The van der Waals surface area contributed by atoms with Crippen molar-refractivity contribution >= 4 is 26.8 Å². The van der Waals surface area contributed by atoms with Gasteiger partial charge in [-0.2, -0.15) is 0 Å². The summed E-state index contributed by atoms with van der Waals surface area (Å²) in [4.78, 5) is 3.52. The third-order valence-corrected chi connectivity index (χ3v) is 4.35. The molecule has 1 aromatic heterocycles. The van der Waals surface area contributed by atoms with Gasteiger partial charge in [-0.1, -0.05) is 22.4 Å². The minimum absolute atomic E-state index is 0.228. The molecule has 0 radical (unpaired) electrons. The molecule has 0 atom stereocenters. The average Bonchev–Trinajstić information content (AvgIpc) is 2.60. The minimum atomic E-state index is 0.228. The zero-order chi connectivity index (χ0) is 11.2. The van der Waals surface area contributed by atoms with E-state index in [2.05, 4.69) is 45.2 Å². The van der Waals surface area contributed by atoms with E-state index in [0.29, 0.717) is 0 Å². The number of aromatic amines is 1. The Morgan fingerprint density at radius 2 is 2.12 bits per heavy atom. The van der Waals surface area contributed by atoms with E-state index >= 15 is 0 Å². The highest BCUT2D eigenvalue weighted by atomic mass is 79.9. The Hall–Kier alpha value is -0.800. The summed E-state index contributed by atoms with van der Waals surface area (Å²) in [5, 5.41) is 1.27. The largest absolute Gasteiger partial charge is 0.358 e. The number of aromatic nitrogens is 1. The Kier molecular flexibility index (Phi) is 2.33. The number of halogens is 1. The molecular formula is C13H15BrN2. The summed E-state index contributed by atoms with van der Waals surface area (Å²) < 4.78 is 1.13. The smallest absolute Gasteiger partial charge is 0.0457 e. The van der Waals surface area contributed by atoms with Crippen LogP contribution in [0, 0.1) is 0 Å². The fraction of sp³-hybridized carbons (Fsp3) is 0.385. The number of nitrogens with two attached hydrogens (primary N) is 1. The number of benzene rings is 1. The van der Waals surface area contributed by atoms with E-state index in [0.717, 1.165) is 11.0 Å². The second-order valence-electron chi connectivity index (χ2n) is 4.75. The van der Waals surface area contributed by atoms with Gasteiger partial charge in [0.05, 0.1) is 0 Å². The lowest BCUT2D eigenvalue weighted by Crippen LogP contribution is -2.41. The summed E-state index contributed by atoms with van der Waals surface area (Å²) in [6.07, 6.45) is 3.74. The van der Waals surface area contributed by atoms with Crippen molar-refractivity contribution in [2.45, 2.75) is 24.7 Å². The molecule has 1 heterocycles. The monoisotopic (exact) mass is 278 g/mol. The van der Waals surface area contributed by atoms with Crippen molar-refractivity contribution in [1.29, 1.82) is 0 Å². The highest BCUT2D eigenvalue weighted by molar-refractivity contribution is 9.10. The van der Waals surface area contributed by atoms with E-state index in [-0.39, 0.29) is 5.41 Å². The van der Waals surface area contributed by atoms with E-state index in [9.17, 15) is 0 Å². The molecule has 2 aromatic rings. The van der Waals surface area contributed by atoms with Crippen molar-refractivity contribution in [2.24, 2.45) is 5.73 Å². The second kappa shape index (κ2) is 3.60. The van der Waals surface area contributed by atoms with E-state index in [1.54, 1.807) is 0 Å². The van der Waals surface area contributed by atoms with Crippen molar-refractivity contribution in [3.63, 3.8) is 0 Å². The van der Waals surface area contributed by atoms with E-state index in [1.807, 2.05) is 0 Å². The number of hydrogen-bond acceptors (Lipinski definition) is 1. The van der Waals surface area contributed by atoms with E-state index < -0.39 is 0 Å². The standard InChI is InChI=1S/C13H15BrN2/c14-10-2-3-11-9(6-10)7-12(16-11)13(8-15)4-1-5-13/h2-3,6-7,16H,1,4-5,8,15H2. The number of H-pyrrole nitrogens is 1. The summed E-state index contributed by atoms with van der Waals surface area (Å²) in [5.41, 5.74) is 8.67. The van der Waals surface area contributed by atoms with Gasteiger partial charge in [-0.05, 0) is 37.1 Å². The molecule has 3 rings (SSSR count). The average molecular weight is 279 g/mol. The van der Waals surface area contributed by atoms with E-state index in [1.165, 1.54) is 35.9 Å². The Balaban J connectivity index is 2.11. The molecule has 0 aliphatic heterocycles. The second-order valence-corrected chi connectivity index (χ2v) is 5.67. The molecule has 1 fully saturated rings. The molecule has 0 saturated heterocycles. The third-order valence-electron chi connectivity index (χ3n) is 3.86. The highest BCUT2D eigenvalue weighted by Crippen LogP contribution is 2.43. The van der Waals surface area contributed by atoms with Crippen LogP contribution in [0.1, 0.15) is 25.0 Å². The fourth-order valence-electron chi connectivity index (χ4n) is 2.58. The predicted molar refractivity (Wildman–Crippen MR) is 70.6 cm³/mol. The topological polar surface area (TPSA) is 41.8 Å². The summed E-state index contributed by atoms with van der Waals surface area (Å²) >= 11 is 3.50. The number of rotatable bonds is 2. The molecule has 3 heteroatoms. The molecule has 16 heavy (non-hydrogen) atoms. The van der Waals surface area contributed by atoms with E-state index in [4.69, 9.17) is 5.73 Å². The van der Waals surface area contributed by atoms with Crippen LogP contribution in [0.3, 0.4) is 0 Å². The first kappa shape index (κ1) is 10.4. The molecule has 0 unspecified atom stereocenters. The first-order chi connectivity index (χ1) is 7.73. The molecule has 0 bridgehead atoms. The van der Waals surface area contributed by atoms with Crippen LogP contribution in [0.25, 0.3) is 10.9 Å². The van der Waals surface area contributed by atoms with Gasteiger partial charge in [-0.15, -0.1) is 0 Å². The number of hydrogen-bond donors (Lipinski definition) is 2. The van der Waals surface area contributed by atoms with Crippen LogP contribution in [0.4, 0.5) is 0 Å². The van der Waals surface area contributed by atoms with Crippen LogP contribution in [0.15, 0.2) is 28.7 Å². The zero-order valence-electron chi connectivity index (χ0n) is 9.09. The van der Waals surface area contributed by atoms with Crippen LogP contribution in [-0.4, -0.2) is 11.5 Å². The van der Waals surface area contributed by atoms with Gasteiger partial charge in [0, 0.05) is 33.0 Å². The van der Waals surface area contributed by atoms with Crippen LogP contribution in [0.5, 0.6) is 0 Å². The van der Waals surface area contributed by atoms with Gasteiger partial charge < -0.3 is 10.7 Å². The molecule has 2 nitrogen and oxygen atoms in total. The molecular weight excluding hydrogens is 264 g/mol. The lowest BCUT2D eigenvalue weighted by atomic mass is 9.67. The molecule has 3 N–H and O–H groups in total. The molecule has 1 saturated carbocycles. The number of nitrogens with one attached hydrogen (secondary N) is 1. The quantitative estimate of drug-likeness (QED) is 0.870. The Morgan fingerprint density at radius 1 is 1.31 bits per heavy atom. The van der Waals surface area contributed by atoms with Gasteiger partial charge >= 0.3 is 0 Å². The SMILES string of the molecule is NCC1(c2cc3cc(Br)ccc3[nH]2)CCC1. The summed E-state index contributed by atoms with van der Waals surface area (Å²) in [5.74, 6) is 0. The van der Waals surface area contributed by atoms with Gasteiger partial charge in [-0.25, -0.2) is 0 Å². The molecule has 1 aliphatic rings. The summed E-state index contributed by atoms with van der Waals surface area (Å²) in [7, 11) is 0. The molecule has 0 spiro atoms. The van der Waals surface area contributed by atoms with Crippen LogP contribution >= 0.6 is 15.9 Å². The first-order valence-electron chi connectivity index (χ1n) is 5.72. The maximum Gasteiger partial charge on any atom is 0.0457 e. The lowest BCUT2D eigenvalue weighted by Gasteiger charge is -2.40. The summed E-state index contributed by atoms with van der Waals surface area (Å²) in [6.45, 7) is 0.751. The van der Waals surface area contributed by atoms with Gasteiger partial charge in [0.2, 0.25) is 0 Å². The van der Waals surface area contributed by atoms with Crippen LogP contribution in [0.2, 0.25) is 0 Å². The van der Waals surface area contributed by atoms with Crippen molar-refractivity contribution < 1.29 is 0 Å². The summed E-state index contributed by atoms with van der Waals surface area (Å²) in [6, 6.07) is 8.59. The van der Waals surface area contributed by atoms with Crippen LogP contribution in [-0.2, 0) is 5.41 Å². The molecule has 1 aromatic carbocycles. The maximum absolute atomic E-state index is 5.92. The van der Waals surface area contributed by atoms with Gasteiger partial charge in [-0.3, -0.25) is 0 Å². The van der Waals surface area contributed by atoms with Crippen molar-refractivity contribution in [1.82, 2.24) is 4.98 Å². The Labute approximate surface area is 103 Å². The lowest BCUT2D eigenvalue weighted by molar-refractivity contribution is 0.247. The van der Waals surface area contributed by atoms with Crippen LogP contribution < -0.4 is 5.73 Å². The van der Waals surface area contributed by atoms with Gasteiger partial charge in [0.25, 0.3) is 0 Å². The minimum Gasteiger partial charge on any atom is -0.358 e. The van der Waals surface area contributed by atoms with Crippen molar-refractivity contribution in [2.75, 3.05) is 6.54 Å². The molecule has 1 aliphatic carbocycles. The van der Waals surface area contributed by atoms with Gasteiger partial charge in [0.15, 0.2) is 0 Å². The molecule has 0 amide bonds. The number of fused-ring (bicyclic) bond motifs is 1. The predicted octanol–water partition coefficient (Wildman–Crippen LogP) is 3.31. The normalized spacial score (nSPS) is 18.6. The first-order valence-corrected chi connectivity index (χ1v) is 6.52. The molecule has 84 valence electrons. The Bertz CT molecular complexity index is 520. The third kappa shape index (κ3) is 1.42.